The van der Waals surface area contributed by atoms with E-state index in [1.54, 1.807) is 0 Å². The normalized spacial score (nSPS) is 46.7. The van der Waals surface area contributed by atoms with Crippen molar-refractivity contribution in [1.82, 2.24) is 14.8 Å². The Bertz CT molecular complexity index is 619. The smallest absolute Gasteiger partial charge is 0.409 e. The maximum atomic E-state index is 12.0. The first kappa shape index (κ1) is 16.8. The number of rotatable bonds is 3. The summed E-state index contributed by atoms with van der Waals surface area (Å²) < 4.78 is 5.18. The number of hydrazone groups is 1. The SMILES string of the molecule is CCOC(=O)N1CCC2(CC(N3C[C@@H]4C(C5(C)CC=NN5C)[C@@H]4C3)C2)C1. The Kier molecular flexibility index (Phi) is 3.63. The average molecular weight is 361 g/mol. The van der Waals surface area contributed by atoms with Crippen molar-refractivity contribution in [1.29, 1.82) is 0 Å². The molecule has 0 aromatic carbocycles. The first-order chi connectivity index (χ1) is 12.5. The van der Waals surface area contributed by atoms with Gasteiger partial charge in [0.05, 0.1) is 12.1 Å². The average Bonchev–Trinajstić information content (AvgIpc) is 2.98. The molecule has 0 N–H and O–H groups in total. The Morgan fingerprint density at radius 3 is 2.65 bits per heavy atom. The van der Waals surface area contributed by atoms with Gasteiger partial charge in [0.1, 0.15) is 0 Å². The lowest BCUT2D eigenvalue weighted by Crippen LogP contribution is -2.53. The van der Waals surface area contributed by atoms with Crippen LogP contribution in [0.1, 0.15) is 39.5 Å². The van der Waals surface area contributed by atoms with Gasteiger partial charge in [0.25, 0.3) is 0 Å². The van der Waals surface area contributed by atoms with Gasteiger partial charge in [-0.1, -0.05) is 0 Å². The summed E-state index contributed by atoms with van der Waals surface area (Å²) in [6, 6.07) is 0.746. The summed E-state index contributed by atoms with van der Waals surface area (Å²) in [5.74, 6) is 2.58. The molecule has 5 rings (SSSR count). The highest BCUT2D eigenvalue weighted by atomic mass is 16.6. The second-order valence-corrected chi connectivity index (χ2v) is 9.62. The highest BCUT2D eigenvalue weighted by Gasteiger charge is 2.66. The Labute approximate surface area is 156 Å². The Morgan fingerprint density at radius 2 is 2.04 bits per heavy atom. The predicted octanol–water partition coefficient (Wildman–Crippen LogP) is 2.26. The largest absolute Gasteiger partial charge is 0.450 e. The Balaban J connectivity index is 1.12. The lowest BCUT2D eigenvalue weighted by molar-refractivity contribution is 0.00477. The van der Waals surface area contributed by atoms with Crippen LogP contribution >= 0.6 is 0 Å². The number of carbonyl (C=O) groups is 1. The molecular weight excluding hydrogens is 328 g/mol. The first-order valence-corrected chi connectivity index (χ1v) is 10.4. The Morgan fingerprint density at radius 1 is 1.31 bits per heavy atom. The van der Waals surface area contributed by atoms with Crippen molar-refractivity contribution in [2.45, 2.75) is 51.1 Å². The molecule has 1 spiro atoms. The molecule has 2 saturated carbocycles. The molecule has 0 aromatic heterocycles. The topological polar surface area (TPSA) is 48.4 Å². The van der Waals surface area contributed by atoms with Crippen LogP contribution < -0.4 is 0 Å². The Hall–Kier alpha value is -1.30. The second kappa shape index (κ2) is 5.60. The molecule has 2 aliphatic carbocycles. The van der Waals surface area contributed by atoms with Gasteiger partial charge in [0, 0.05) is 51.9 Å². The van der Waals surface area contributed by atoms with Crippen molar-refractivity contribution >= 4 is 12.3 Å². The fourth-order valence-electron chi connectivity index (χ4n) is 6.58. The van der Waals surface area contributed by atoms with E-state index in [0.717, 1.165) is 49.7 Å². The standard InChI is InChI=1S/C20H32N4O2/c1-4-26-18(25)23-8-6-20(13-23)9-14(10-20)24-11-15-16(12-24)17(15)19(2)5-7-21-22(19)3/h7,14-17H,4-6,8-13H2,1-3H3/t14?,15-,16+,17?,19?,20?. The summed E-state index contributed by atoms with van der Waals surface area (Å²) in [4.78, 5) is 16.6. The van der Waals surface area contributed by atoms with Gasteiger partial charge >= 0.3 is 6.09 Å². The van der Waals surface area contributed by atoms with Crippen LogP contribution in [-0.2, 0) is 4.74 Å². The number of piperidine rings is 1. The first-order valence-electron chi connectivity index (χ1n) is 10.4. The van der Waals surface area contributed by atoms with E-state index in [-0.39, 0.29) is 11.6 Å². The molecule has 0 aromatic rings. The molecule has 0 radical (unpaired) electrons. The van der Waals surface area contributed by atoms with Crippen molar-refractivity contribution in [2.24, 2.45) is 28.3 Å². The monoisotopic (exact) mass is 360 g/mol. The highest BCUT2D eigenvalue weighted by Crippen LogP contribution is 2.62. The number of amides is 1. The van der Waals surface area contributed by atoms with Gasteiger partial charge in [-0.15, -0.1) is 0 Å². The summed E-state index contributed by atoms with van der Waals surface area (Å²) in [6.45, 7) is 9.10. The van der Waals surface area contributed by atoms with Gasteiger partial charge < -0.3 is 9.64 Å². The number of carbonyl (C=O) groups excluding carboxylic acids is 1. The molecule has 2 saturated heterocycles. The quantitative estimate of drug-likeness (QED) is 0.775. The van der Waals surface area contributed by atoms with Crippen molar-refractivity contribution < 1.29 is 9.53 Å². The molecule has 144 valence electrons. The summed E-state index contributed by atoms with van der Waals surface area (Å²) in [7, 11) is 2.14. The number of likely N-dealkylation sites (tertiary alicyclic amines) is 2. The van der Waals surface area contributed by atoms with E-state index in [2.05, 4.69) is 35.2 Å². The van der Waals surface area contributed by atoms with E-state index in [9.17, 15) is 4.79 Å². The number of fused-ring (bicyclic) bond motifs is 1. The van der Waals surface area contributed by atoms with Crippen molar-refractivity contribution in [3.05, 3.63) is 0 Å². The third kappa shape index (κ3) is 2.33. The van der Waals surface area contributed by atoms with E-state index in [1.165, 1.54) is 25.9 Å². The maximum absolute atomic E-state index is 12.0. The van der Waals surface area contributed by atoms with Gasteiger partial charge in [-0.25, -0.2) is 4.79 Å². The lowest BCUT2D eigenvalue weighted by atomic mass is 9.64. The number of hydrogen-bond acceptors (Lipinski definition) is 5. The van der Waals surface area contributed by atoms with Crippen molar-refractivity contribution in [3.63, 3.8) is 0 Å². The van der Waals surface area contributed by atoms with E-state index in [1.807, 2.05) is 11.8 Å². The fraction of sp³-hybridized carbons (Fsp3) is 0.900. The summed E-state index contributed by atoms with van der Waals surface area (Å²) in [6.07, 6.45) is 6.79. The molecule has 0 bridgehead atoms. The van der Waals surface area contributed by atoms with Crippen LogP contribution in [0.15, 0.2) is 5.10 Å². The van der Waals surface area contributed by atoms with Crippen LogP contribution in [0.4, 0.5) is 4.79 Å². The summed E-state index contributed by atoms with van der Waals surface area (Å²) in [5, 5.41) is 6.70. The predicted molar refractivity (Wildman–Crippen MR) is 100.0 cm³/mol. The molecule has 4 atom stereocenters. The van der Waals surface area contributed by atoms with Gasteiger partial charge in [-0.2, -0.15) is 5.10 Å². The molecule has 1 amide bonds. The maximum Gasteiger partial charge on any atom is 0.409 e. The number of hydrogen-bond donors (Lipinski definition) is 0. The minimum absolute atomic E-state index is 0.116. The molecule has 6 heteroatoms. The van der Waals surface area contributed by atoms with Crippen molar-refractivity contribution in [3.8, 4) is 0 Å². The van der Waals surface area contributed by atoms with Crippen LogP contribution in [0.2, 0.25) is 0 Å². The van der Waals surface area contributed by atoms with Crippen LogP contribution in [-0.4, -0.2) is 78.5 Å². The molecule has 2 unspecified atom stereocenters. The summed E-state index contributed by atoms with van der Waals surface area (Å²) in [5.41, 5.74) is 0.642. The number of nitrogens with zero attached hydrogens (tertiary/aromatic N) is 4. The molecule has 3 heterocycles. The molecule has 26 heavy (non-hydrogen) atoms. The molecule has 6 nitrogen and oxygen atoms in total. The van der Waals surface area contributed by atoms with Gasteiger partial charge in [0.2, 0.25) is 0 Å². The van der Waals surface area contributed by atoms with E-state index in [4.69, 9.17) is 4.74 Å². The second-order valence-electron chi connectivity index (χ2n) is 9.62. The zero-order valence-corrected chi connectivity index (χ0v) is 16.4. The summed E-state index contributed by atoms with van der Waals surface area (Å²) >= 11 is 0. The van der Waals surface area contributed by atoms with Gasteiger partial charge in [0.15, 0.2) is 0 Å². The zero-order chi connectivity index (χ0) is 18.1. The van der Waals surface area contributed by atoms with Crippen LogP contribution in [0.25, 0.3) is 0 Å². The molecule has 5 aliphatic rings. The lowest BCUT2D eigenvalue weighted by Gasteiger charge is -2.50. The van der Waals surface area contributed by atoms with Crippen LogP contribution in [0.3, 0.4) is 0 Å². The van der Waals surface area contributed by atoms with E-state index < -0.39 is 0 Å². The van der Waals surface area contributed by atoms with Gasteiger partial charge in [-0.05, 0) is 56.3 Å². The third-order valence-electron chi connectivity index (χ3n) is 8.26. The minimum Gasteiger partial charge on any atom is -0.450 e. The third-order valence-corrected chi connectivity index (χ3v) is 8.26. The molecular formula is C20H32N4O2. The highest BCUT2D eigenvalue weighted by molar-refractivity contribution is 5.68. The van der Waals surface area contributed by atoms with Crippen molar-refractivity contribution in [2.75, 3.05) is 39.8 Å². The molecule has 3 aliphatic heterocycles. The fourth-order valence-corrected chi connectivity index (χ4v) is 6.58. The van der Waals surface area contributed by atoms with Crippen LogP contribution in [0.5, 0.6) is 0 Å². The van der Waals surface area contributed by atoms with E-state index in [0.29, 0.717) is 12.0 Å². The number of ether oxygens (including phenoxy) is 1. The minimum atomic E-state index is -0.116. The zero-order valence-electron chi connectivity index (χ0n) is 16.4. The van der Waals surface area contributed by atoms with Gasteiger partial charge in [-0.3, -0.25) is 9.91 Å². The van der Waals surface area contributed by atoms with Crippen LogP contribution in [0, 0.1) is 23.2 Å². The molecule has 4 fully saturated rings. The van der Waals surface area contributed by atoms with E-state index >= 15 is 0 Å².